The van der Waals surface area contributed by atoms with Crippen molar-refractivity contribution in [1.82, 2.24) is 9.03 Å². The molecule has 1 aliphatic heterocycles. The van der Waals surface area contributed by atoms with Gasteiger partial charge in [-0.1, -0.05) is 24.3 Å². The number of rotatable bonds is 5. The van der Waals surface area contributed by atoms with Crippen LogP contribution in [0.2, 0.25) is 0 Å². The summed E-state index contributed by atoms with van der Waals surface area (Å²) in [5.74, 6) is 0. The molecule has 1 N–H and O–H groups in total. The lowest BCUT2D eigenvalue weighted by atomic mass is 10.1. The van der Waals surface area contributed by atoms with Crippen LogP contribution in [0.25, 0.3) is 0 Å². The summed E-state index contributed by atoms with van der Waals surface area (Å²) in [5, 5.41) is 1.73. The van der Waals surface area contributed by atoms with Crippen LogP contribution in [0, 0.1) is 0 Å². The number of sulfonamides is 2. The van der Waals surface area contributed by atoms with Crippen LogP contribution in [-0.2, 0) is 20.0 Å². The van der Waals surface area contributed by atoms with Gasteiger partial charge in [0.15, 0.2) is 0 Å². The molecule has 1 aliphatic rings. The molecule has 24 heavy (non-hydrogen) atoms. The minimum Gasteiger partial charge on any atom is -0.208 e. The largest absolute Gasteiger partial charge is 0.252 e. The minimum atomic E-state index is -3.57. The molecule has 1 aromatic heterocycles. The Labute approximate surface area is 146 Å². The summed E-state index contributed by atoms with van der Waals surface area (Å²) in [6.07, 6.45) is 0.910. The number of nitrogens with one attached hydrogen (secondary N) is 1. The second-order valence-electron chi connectivity index (χ2n) is 5.54. The molecule has 0 aliphatic carbocycles. The number of benzene rings is 1. The van der Waals surface area contributed by atoms with Gasteiger partial charge >= 0.3 is 0 Å². The predicted octanol–water partition coefficient (Wildman–Crippen LogP) is 1.88. The predicted molar refractivity (Wildman–Crippen MR) is 92.9 cm³/mol. The summed E-state index contributed by atoms with van der Waals surface area (Å²) in [6.45, 7) is 0.615. The fourth-order valence-electron chi connectivity index (χ4n) is 2.64. The average molecular weight is 387 g/mol. The summed E-state index contributed by atoms with van der Waals surface area (Å²) in [4.78, 5) is 0.221. The zero-order valence-corrected chi connectivity index (χ0v) is 15.3. The van der Waals surface area contributed by atoms with E-state index in [0.29, 0.717) is 30.1 Å². The molecule has 0 radical (unpaired) electrons. The van der Waals surface area contributed by atoms with Crippen LogP contribution >= 0.6 is 11.3 Å². The van der Waals surface area contributed by atoms with Crippen molar-refractivity contribution in [2.75, 3.05) is 13.1 Å². The van der Waals surface area contributed by atoms with Crippen molar-refractivity contribution in [2.45, 2.75) is 28.0 Å². The van der Waals surface area contributed by atoms with Gasteiger partial charge in [0, 0.05) is 19.1 Å². The van der Waals surface area contributed by atoms with Crippen molar-refractivity contribution in [1.29, 1.82) is 0 Å². The first-order chi connectivity index (χ1) is 11.4. The Morgan fingerprint density at radius 3 is 2.21 bits per heavy atom. The van der Waals surface area contributed by atoms with Gasteiger partial charge in [-0.3, -0.25) is 0 Å². The normalized spacial score (nSPS) is 17.8. The Hall–Kier alpha value is -1.26. The number of piperidine rings is 1. The van der Waals surface area contributed by atoms with E-state index in [2.05, 4.69) is 4.72 Å². The highest BCUT2D eigenvalue weighted by Crippen LogP contribution is 2.24. The zero-order valence-electron chi connectivity index (χ0n) is 12.8. The van der Waals surface area contributed by atoms with Gasteiger partial charge < -0.3 is 0 Å². The molecule has 0 saturated carbocycles. The van der Waals surface area contributed by atoms with Gasteiger partial charge in [0.2, 0.25) is 10.0 Å². The molecule has 0 unspecified atom stereocenters. The fourth-order valence-corrected chi connectivity index (χ4v) is 6.58. The van der Waals surface area contributed by atoms with Gasteiger partial charge in [-0.25, -0.2) is 21.6 Å². The van der Waals surface area contributed by atoms with Crippen LogP contribution in [0.5, 0.6) is 0 Å². The fraction of sp³-hybridized carbons (Fsp3) is 0.333. The number of hydrogen-bond acceptors (Lipinski definition) is 5. The molecule has 0 bridgehead atoms. The maximum absolute atomic E-state index is 12.5. The van der Waals surface area contributed by atoms with Crippen molar-refractivity contribution < 1.29 is 16.8 Å². The quantitative estimate of drug-likeness (QED) is 0.850. The van der Waals surface area contributed by atoms with E-state index >= 15 is 0 Å². The van der Waals surface area contributed by atoms with E-state index in [4.69, 9.17) is 0 Å². The Kier molecular flexibility index (Phi) is 5.07. The molecule has 1 saturated heterocycles. The maximum Gasteiger partial charge on any atom is 0.252 e. The standard InChI is InChI=1S/C15H18N2O4S3/c18-23(19,14-5-2-1-3-6-14)16-13-8-10-17(11-9-13)24(20,21)15-7-4-12-22-15/h1-7,12-13,16H,8-11H2. The molecule has 1 fully saturated rings. The van der Waals surface area contributed by atoms with Gasteiger partial charge in [0.1, 0.15) is 4.21 Å². The lowest BCUT2D eigenvalue weighted by Gasteiger charge is -2.31. The molecule has 0 spiro atoms. The Balaban J connectivity index is 1.64. The Morgan fingerprint density at radius 1 is 0.958 bits per heavy atom. The lowest BCUT2D eigenvalue weighted by molar-refractivity contribution is 0.309. The van der Waals surface area contributed by atoms with Gasteiger partial charge in [-0.15, -0.1) is 11.3 Å². The smallest absolute Gasteiger partial charge is 0.208 e. The highest BCUT2D eigenvalue weighted by Gasteiger charge is 2.31. The summed E-state index contributed by atoms with van der Waals surface area (Å²) in [5.41, 5.74) is 0. The molecule has 2 aromatic rings. The third-order valence-corrected chi connectivity index (χ3v) is 8.73. The summed E-state index contributed by atoms with van der Waals surface area (Å²) in [6, 6.07) is 11.2. The monoisotopic (exact) mass is 386 g/mol. The molecular weight excluding hydrogens is 368 g/mol. The van der Waals surface area contributed by atoms with Crippen LogP contribution in [0.1, 0.15) is 12.8 Å². The Morgan fingerprint density at radius 2 is 1.62 bits per heavy atom. The molecule has 1 aromatic carbocycles. The van der Waals surface area contributed by atoms with Crippen LogP contribution in [0.3, 0.4) is 0 Å². The highest BCUT2D eigenvalue weighted by atomic mass is 32.2. The summed E-state index contributed by atoms with van der Waals surface area (Å²) >= 11 is 1.19. The van der Waals surface area contributed by atoms with E-state index in [9.17, 15) is 16.8 Å². The van der Waals surface area contributed by atoms with Gasteiger partial charge in [-0.05, 0) is 36.4 Å². The van der Waals surface area contributed by atoms with Gasteiger partial charge in [0.25, 0.3) is 10.0 Å². The minimum absolute atomic E-state index is 0.221. The van der Waals surface area contributed by atoms with E-state index in [1.54, 1.807) is 47.8 Å². The third-order valence-electron chi connectivity index (χ3n) is 3.92. The van der Waals surface area contributed by atoms with Crippen molar-refractivity contribution in [3.63, 3.8) is 0 Å². The highest BCUT2D eigenvalue weighted by molar-refractivity contribution is 7.91. The SMILES string of the molecule is O=S(=O)(NC1CCN(S(=O)(=O)c2cccs2)CC1)c1ccccc1. The zero-order chi connectivity index (χ0) is 17.2. The molecule has 0 amide bonds. The molecule has 2 heterocycles. The molecular formula is C15H18N2O4S3. The maximum atomic E-state index is 12.5. The van der Waals surface area contributed by atoms with Crippen LogP contribution in [0.4, 0.5) is 0 Å². The molecule has 0 atom stereocenters. The van der Waals surface area contributed by atoms with Crippen LogP contribution < -0.4 is 4.72 Å². The van der Waals surface area contributed by atoms with E-state index in [-0.39, 0.29) is 10.9 Å². The van der Waals surface area contributed by atoms with Crippen molar-refractivity contribution in [3.8, 4) is 0 Å². The summed E-state index contributed by atoms with van der Waals surface area (Å²) < 4.78 is 54.0. The van der Waals surface area contributed by atoms with Crippen molar-refractivity contribution >= 4 is 31.4 Å². The van der Waals surface area contributed by atoms with Gasteiger partial charge in [-0.2, -0.15) is 4.31 Å². The second-order valence-corrected chi connectivity index (χ2v) is 10.4. The van der Waals surface area contributed by atoms with E-state index in [1.807, 2.05) is 0 Å². The lowest BCUT2D eigenvalue weighted by Crippen LogP contribution is -2.46. The van der Waals surface area contributed by atoms with Crippen LogP contribution in [-0.4, -0.2) is 40.3 Å². The van der Waals surface area contributed by atoms with E-state index in [1.165, 1.54) is 15.6 Å². The summed E-state index contributed by atoms with van der Waals surface area (Å²) in [7, 11) is -7.04. The van der Waals surface area contributed by atoms with Crippen LogP contribution in [0.15, 0.2) is 56.9 Å². The first-order valence-electron chi connectivity index (χ1n) is 7.51. The van der Waals surface area contributed by atoms with E-state index < -0.39 is 20.0 Å². The topological polar surface area (TPSA) is 83.6 Å². The number of nitrogens with zero attached hydrogens (tertiary/aromatic N) is 1. The molecule has 9 heteroatoms. The first kappa shape index (κ1) is 17.6. The Bertz CT molecular complexity index is 870. The number of hydrogen-bond donors (Lipinski definition) is 1. The van der Waals surface area contributed by atoms with Gasteiger partial charge in [0.05, 0.1) is 4.90 Å². The average Bonchev–Trinajstić information content (AvgIpc) is 3.11. The third kappa shape index (κ3) is 3.70. The van der Waals surface area contributed by atoms with E-state index in [0.717, 1.165) is 0 Å². The van der Waals surface area contributed by atoms with Crippen molar-refractivity contribution in [3.05, 3.63) is 47.8 Å². The molecule has 130 valence electrons. The second kappa shape index (κ2) is 6.93. The van der Waals surface area contributed by atoms with Crippen molar-refractivity contribution in [2.24, 2.45) is 0 Å². The first-order valence-corrected chi connectivity index (χ1v) is 11.3. The number of thiophene rings is 1. The molecule has 3 rings (SSSR count). The molecule has 6 nitrogen and oxygen atoms in total.